The summed E-state index contributed by atoms with van der Waals surface area (Å²) >= 11 is 1.28. The van der Waals surface area contributed by atoms with Gasteiger partial charge in [0, 0.05) is 5.56 Å². The summed E-state index contributed by atoms with van der Waals surface area (Å²) in [5.41, 5.74) is 1.76. The molecule has 1 fully saturated rings. The van der Waals surface area contributed by atoms with E-state index in [1.807, 2.05) is 31.2 Å². The van der Waals surface area contributed by atoms with E-state index >= 15 is 0 Å². The van der Waals surface area contributed by atoms with Gasteiger partial charge in [0.2, 0.25) is 0 Å². The lowest BCUT2D eigenvalue weighted by Gasteiger charge is -2.23. The van der Waals surface area contributed by atoms with Gasteiger partial charge in [-0.15, -0.1) is 0 Å². The molecule has 1 atom stereocenters. The molecule has 3 aromatic carbocycles. The Morgan fingerprint density at radius 2 is 1.83 bits per heavy atom. The second-order valence-electron chi connectivity index (χ2n) is 7.87. The summed E-state index contributed by atoms with van der Waals surface area (Å²) in [4.78, 5) is 32.7. The van der Waals surface area contributed by atoms with Crippen molar-refractivity contribution in [3.8, 4) is 11.5 Å². The van der Waals surface area contributed by atoms with Crippen molar-refractivity contribution in [3.63, 3.8) is 0 Å². The third kappa shape index (κ3) is 4.02. The fourth-order valence-corrected chi connectivity index (χ4v) is 5.18. The third-order valence-corrected chi connectivity index (χ3v) is 6.78. The number of aliphatic hydroxyl groups is 1. The molecule has 4 aromatic rings. The van der Waals surface area contributed by atoms with Crippen LogP contribution in [0.1, 0.15) is 24.1 Å². The fourth-order valence-electron chi connectivity index (χ4n) is 4.16. The first-order valence-electron chi connectivity index (χ1n) is 11.1. The average molecular weight is 487 g/mol. The first-order valence-corrected chi connectivity index (χ1v) is 11.9. The standard InChI is InChI=1S/C27H22N2O5S/c1-3-34-19-12-13-20-21(15-19)35-27(28-20)29-23(17-10-7-11-18(14-17)33-2)22(25(31)26(29)32)24(30)16-8-5-4-6-9-16/h4-15,23,30H,3H2,1-2H3/b24-22+/t23-/m1/s1. The SMILES string of the molecule is CCOc1ccc2nc(N3C(=O)C(=O)/C(=C(/O)c4ccccc4)[C@H]3c3cccc(OC)c3)sc2c1. The molecule has 0 spiro atoms. The lowest BCUT2D eigenvalue weighted by atomic mass is 9.95. The summed E-state index contributed by atoms with van der Waals surface area (Å²) in [6.07, 6.45) is 0. The van der Waals surface area contributed by atoms with Crippen molar-refractivity contribution in [2.75, 3.05) is 18.6 Å². The lowest BCUT2D eigenvalue weighted by molar-refractivity contribution is -0.132. The molecule has 1 aliphatic rings. The second kappa shape index (κ2) is 9.23. The third-order valence-electron chi connectivity index (χ3n) is 5.77. The maximum absolute atomic E-state index is 13.4. The molecule has 5 rings (SSSR count). The highest BCUT2D eigenvalue weighted by molar-refractivity contribution is 7.22. The van der Waals surface area contributed by atoms with Gasteiger partial charge in [0.25, 0.3) is 5.78 Å². The normalized spacial score (nSPS) is 17.2. The average Bonchev–Trinajstić information content (AvgIpc) is 3.42. The molecule has 0 radical (unpaired) electrons. The molecule has 35 heavy (non-hydrogen) atoms. The molecular weight excluding hydrogens is 464 g/mol. The molecule has 1 aliphatic heterocycles. The maximum Gasteiger partial charge on any atom is 0.301 e. The lowest BCUT2D eigenvalue weighted by Crippen LogP contribution is -2.29. The smallest absolute Gasteiger partial charge is 0.301 e. The predicted molar refractivity (Wildman–Crippen MR) is 135 cm³/mol. The van der Waals surface area contributed by atoms with Crippen LogP contribution in [0.5, 0.6) is 11.5 Å². The number of anilines is 1. The quantitative estimate of drug-likeness (QED) is 0.225. The van der Waals surface area contributed by atoms with E-state index in [0.717, 1.165) is 4.70 Å². The molecule has 1 N–H and O–H groups in total. The van der Waals surface area contributed by atoms with Crippen molar-refractivity contribution in [2.45, 2.75) is 13.0 Å². The second-order valence-corrected chi connectivity index (χ2v) is 8.88. The van der Waals surface area contributed by atoms with Gasteiger partial charge in [-0.3, -0.25) is 14.5 Å². The van der Waals surface area contributed by atoms with E-state index in [2.05, 4.69) is 4.98 Å². The van der Waals surface area contributed by atoms with Crippen LogP contribution in [-0.2, 0) is 9.59 Å². The first-order chi connectivity index (χ1) is 17.0. The van der Waals surface area contributed by atoms with Gasteiger partial charge in [-0.2, -0.15) is 0 Å². The minimum Gasteiger partial charge on any atom is -0.507 e. The molecule has 1 aromatic heterocycles. The van der Waals surface area contributed by atoms with E-state index in [1.54, 1.807) is 55.6 Å². The number of nitrogens with zero attached hydrogens (tertiary/aromatic N) is 2. The molecule has 1 saturated heterocycles. The zero-order valence-electron chi connectivity index (χ0n) is 19.1. The van der Waals surface area contributed by atoms with Gasteiger partial charge in [-0.1, -0.05) is 53.8 Å². The zero-order valence-corrected chi connectivity index (χ0v) is 19.9. The van der Waals surface area contributed by atoms with Crippen LogP contribution in [0, 0.1) is 0 Å². The zero-order chi connectivity index (χ0) is 24.5. The van der Waals surface area contributed by atoms with Crippen molar-refractivity contribution < 1.29 is 24.2 Å². The summed E-state index contributed by atoms with van der Waals surface area (Å²) < 4.78 is 11.8. The number of aliphatic hydroxyl groups excluding tert-OH is 1. The molecule has 1 amide bonds. The highest BCUT2D eigenvalue weighted by Crippen LogP contribution is 2.45. The molecule has 7 nitrogen and oxygen atoms in total. The van der Waals surface area contributed by atoms with Gasteiger partial charge < -0.3 is 14.6 Å². The summed E-state index contributed by atoms with van der Waals surface area (Å²) in [5.74, 6) is -0.490. The van der Waals surface area contributed by atoms with E-state index < -0.39 is 17.7 Å². The van der Waals surface area contributed by atoms with Crippen molar-refractivity contribution >= 4 is 44.1 Å². The number of carbonyl (C=O) groups is 2. The monoisotopic (exact) mass is 486 g/mol. The number of amides is 1. The summed E-state index contributed by atoms with van der Waals surface area (Å²) in [6, 6.07) is 20.4. The number of hydrogen-bond acceptors (Lipinski definition) is 7. The number of hydrogen-bond donors (Lipinski definition) is 1. The number of Topliss-reactive ketones (excluding diaryl/α,β-unsaturated/α-hetero) is 1. The Kier molecular flexibility index (Phi) is 5.96. The molecule has 0 saturated carbocycles. The van der Waals surface area contributed by atoms with Gasteiger partial charge in [0.1, 0.15) is 17.3 Å². The van der Waals surface area contributed by atoms with Gasteiger partial charge >= 0.3 is 5.91 Å². The maximum atomic E-state index is 13.4. The number of carbonyl (C=O) groups excluding carboxylic acids is 2. The summed E-state index contributed by atoms with van der Waals surface area (Å²) in [6.45, 7) is 2.43. The Bertz CT molecular complexity index is 1460. The van der Waals surface area contributed by atoms with Crippen LogP contribution in [0.25, 0.3) is 16.0 Å². The van der Waals surface area contributed by atoms with Crippen molar-refractivity contribution in [2.24, 2.45) is 0 Å². The van der Waals surface area contributed by atoms with E-state index in [9.17, 15) is 14.7 Å². The highest BCUT2D eigenvalue weighted by atomic mass is 32.1. The van der Waals surface area contributed by atoms with Crippen LogP contribution in [0.15, 0.2) is 78.4 Å². The van der Waals surface area contributed by atoms with Crippen LogP contribution < -0.4 is 14.4 Å². The summed E-state index contributed by atoms with van der Waals surface area (Å²) in [7, 11) is 1.55. The van der Waals surface area contributed by atoms with Gasteiger partial charge in [0.05, 0.1) is 35.5 Å². The number of ether oxygens (including phenoxy) is 2. The van der Waals surface area contributed by atoms with Gasteiger partial charge in [-0.25, -0.2) is 4.98 Å². The molecular formula is C27H22N2O5S. The Labute approximate surface area is 205 Å². The minimum atomic E-state index is -0.878. The summed E-state index contributed by atoms with van der Waals surface area (Å²) in [5, 5.41) is 11.5. The van der Waals surface area contributed by atoms with Crippen LogP contribution in [0.4, 0.5) is 5.13 Å². The number of ketones is 1. The molecule has 176 valence electrons. The molecule has 8 heteroatoms. The van der Waals surface area contributed by atoms with Crippen LogP contribution in [0.2, 0.25) is 0 Å². The Morgan fingerprint density at radius 1 is 1.03 bits per heavy atom. The first kappa shape index (κ1) is 22.6. The fraction of sp³-hybridized carbons (Fsp3) is 0.148. The van der Waals surface area contributed by atoms with Crippen LogP contribution in [-0.4, -0.2) is 35.5 Å². The number of aromatic nitrogens is 1. The minimum absolute atomic E-state index is 0.00344. The van der Waals surface area contributed by atoms with E-state index in [4.69, 9.17) is 9.47 Å². The van der Waals surface area contributed by atoms with Crippen molar-refractivity contribution in [1.29, 1.82) is 0 Å². The van der Waals surface area contributed by atoms with E-state index in [-0.39, 0.29) is 11.3 Å². The number of benzene rings is 3. The number of fused-ring (bicyclic) bond motifs is 1. The molecule has 0 bridgehead atoms. The van der Waals surface area contributed by atoms with Gasteiger partial charge in [-0.05, 0) is 42.8 Å². The van der Waals surface area contributed by atoms with Crippen molar-refractivity contribution in [1.82, 2.24) is 4.98 Å². The molecule has 0 aliphatic carbocycles. The van der Waals surface area contributed by atoms with E-state index in [1.165, 1.54) is 16.2 Å². The predicted octanol–water partition coefficient (Wildman–Crippen LogP) is 5.33. The number of thiazole rings is 1. The van der Waals surface area contributed by atoms with E-state index in [0.29, 0.717) is 39.9 Å². The topological polar surface area (TPSA) is 89.0 Å². The Hall–Kier alpha value is -4.17. The largest absolute Gasteiger partial charge is 0.507 e. The van der Waals surface area contributed by atoms with Gasteiger partial charge in [0.15, 0.2) is 5.13 Å². The Balaban J connectivity index is 1.70. The van der Waals surface area contributed by atoms with Crippen LogP contribution in [0.3, 0.4) is 0 Å². The number of methoxy groups -OCH3 is 1. The van der Waals surface area contributed by atoms with Crippen molar-refractivity contribution in [3.05, 3.63) is 89.5 Å². The molecule has 2 heterocycles. The highest BCUT2D eigenvalue weighted by Gasteiger charge is 2.48. The Morgan fingerprint density at radius 3 is 2.57 bits per heavy atom. The van der Waals surface area contributed by atoms with Crippen LogP contribution >= 0.6 is 11.3 Å². The molecule has 0 unspecified atom stereocenters. The number of rotatable bonds is 6.